The van der Waals surface area contributed by atoms with E-state index >= 15 is 0 Å². The first kappa shape index (κ1) is 22.7. The van der Waals surface area contributed by atoms with E-state index < -0.39 is 5.97 Å². The summed E-state index contributed by atoms with van der Waals surface area (Å²) in [4.78, 5) is 17.1. The van der Waals surface area contributed by atoms with Crippen molar-refractivity contribution >= 4 is 21.9 Å². The fourth-order valence-electron chi connectivity index (χ4n) is 3.18. The van der Waals surface area contributed by atoms with Crippen LogP contribution in [-0.2, 0) is 11.3 Å². The van der Waals surface area contributed by atoms with Crippen LogP contribution in [0.2, 0.25) is 0 Å². The minimum Gasteiger partial charge on any atom is -0.491 e. The average Bonchev–Trinajstić information content (AvgIpc) is 3.35. The number of ether oxygens (including phenoxy) is 2. The van der Waals surface area contributed by atoms with E-state index in [9.17, 15) is 4.79 Å². The van der Waals surface area contributed by atoms with Gasteiger partial charge in [-0.2, -0.15) is 0 Å². The highest BCUT2D eigenvalue weighted by molar-refractivity contribution is 9.10. The summed E-state index contributed by atoms with van der Waals surface area (Å²) in [5.74, 6) is 1.23. The van der Waals surface area contributed by atoms with Crippen LogP contribution >= 0.6 is 15.9 Å². The summed E-state index contributed by atoms with van der Waals surface area (Å²) in [6.07, 6.45) is 0.0984. The van der Waals surface area contributed by atoms with Crippen LogP contribution in [0.1, 0.15) is 41.5 Å². The Morgan fingerprint density at radius 2 is 1.79 bits per heavy atom. The predicted octanol–water partition coefficient (Wildman–Crippen LogP) is 5.45. The molecule has 0 bridgehead atoms. The van der Waals surface area contributed by atoms with Gasteiger partial charge in [-0.3, -0.25) is 0 Å². The molecule has 0 N–H and O–H groups in total. The molecule has 0 atom stereocenters. The Morgan fingerprint density at radius 3 is 2.45 bits per heavy atom. The molecule has 9 heteroatoms. The minimum absolute atomic E-state index is 0.0344. The van der Waals surface area contributed by atoms with Gasteiger partial charge in [-0.25, -0.2) is 14.5 Å². The van der Waals surface area contributed by atoms with Crippen molar-refractivity contribution in [2.45, 2.75) is 40.4 Å². The van der Waals surface area contributed by atoms with Crippen molar-refractivity contribution < 1.29 is 18.7 Å². The number of hydrogen-bond acceptors (Lipinski definition) is 7. The Bertz CT molecular complexity index is 1260. The number of carbonyl (C=O) groups excluding carboxylic acids is 1. The second kappa shape index (κ2) is 9.58. The molecule has 0 aliphatic rings. The zero-order valence-electron chi connectivity index (χ0n) is 18.7. The van der Waals surface area contributed by atoms with Crippen LogP contribution in [-0.4, -0.2) is 32.1 Å². The zero-order chi connectivity index (χ0) is 23.5. The molecule has 0 unspecified atom stereocenters. The molecule has 33 heavy (non-hydrogen) atoms. The van der Waals surface area contributed by atoms with Gasteiger partial charge in [0.05, 0.1) is 17.5 Å². The van der Waals surface area contributed by atoms with Gasteiger partial charge in [0.15, 0.2) is 5.69 Å². The van der Waals surface area contributed by atoms with Gasteiger partial charge in [0.1, 0.15) is 23.8 Å². The third-order valence-corrected chi connectivity index (χ3v) is 5.39. The van der Waals surface area contributed by atoms with E-state index in [4.69, 9.17) is 13.9 Å². The number of esters is 1. The highest BCUT2D eigenvalue weighted by Crippen LogP contribution is 2.25. The van der Waals surface area contributed by atoms with Crippen molar-refractivity contribution in [1.82, 2.24) is 20.0 Å². The largest absolute Gasteiger partial charge is 0.491 e. The maximum atomic E-state index is 12.6. The lowest BCUT2D eigenvalue weighted by Gasteiger charge is -2.09. The van der Waals surface area contributed by atoms with Crippen molar-refractivity contribution in [3.63, 3.8) is 0 Å². The monoisotopic (exact) mass is 510 g/mol. The van der Waals surface area contributed by atoms with Crippen molar-refractivity contribution in [2.24, 2.45) is 0 Å². The summed E-state index contributed by atoms with van der Waals surface area (Å²) in [5, 5.41) is 8.09. The summed E-state index contributed by atoms with van der Waals surface area (Å²) >= 11 is 3.40. The van der Waals surface area contributed by atoms with E-state index in [-0.39, 0.29) is 18.4 Å². The van der Waals surface area contributed by atoms with E-state index in [0.29, 0.717) is 23.0 Å². The number of hydrogen-bond donors (Lipinski definition) is 0. The van der Waals surface area contributed by atoms with Gasteiger partial charge in [-0.05, 0) is 76.2 Å². The Balaban J connectivity index is 1.44. The Labute approximate surface area is 199 Å². The van der Waals surface area contributed by atoms with Gasteiger partial charge in [0, 0.05) is 10.0 Å². The zero-order valence-corrected chi connectivity index (χ0v) is 20.3. The molecular formula is C24H23BrN4O4. The van der Waals surface area contributed by atoms with Crippen LogP contribution in [0.5, 0.6) is 5.75 Å². The number of oxazole rings is 1. The van der Waals surface area contributed by atoms with Crippen LogP contribution in [0.4, 0.5) is 0 Å². The highest BCUT2D eigenvalue weighted by Gasteiger charge is 2.20. The number of rotatable bonds is 7. The second-order valence-corrected chi connectivity index (χ2v) is 8.62. The molecule has 0 aliphatic heterocycles. The number of aromatic nitrogens is 4. The van der Waals surface area contributed by atoms with Crippen molar-refractivity contribution in [2.75, 3.05) is 0 Å². The fourth-order valence-corrected chi connectivity index (χ4v) is 3.45. The first-order chi connectivity index (χ1) is 15.8. The minimum atomic E-state index is -0.574. The number of aryl methyl sites for hydroxylation is 1. The third kappa shape index (κ3) is 5.14. The lowest BCUT2D eigenvalue weighted by Crippen LogP contribution is -2.09. The maximum absolute atomic E-state index is 12.6. The van der Waals surface area contributed by atoms with E-state index in [1.807, 2.05) is 62.4 Å². The predicted molar refractivity (Wildman–Crippen MR) is 125 cm³/mol. The molecule has 0 saturated carbocycles. The fraction of sp³-hybridized carbons (Fsp3) is 0.250. The molecule has 0 saturated heterocycles. The Morgan fingerprint density at radius 1 is 1.09 bits per heavy atom. The Kier molecular flexibility index (Phi) is 6.60. The SMILES string of the molecule is Cc1oc(-c2ccc(OC(C)C)cc2)nc1COC(=O)c1nnn(-c2ccc(Br)cc2)c1C. The van der Waals surface area contributed by atoms with Gasteiger partial charge in [-0.15, -0.1) is 5.10 Å². The van der Waals surface area contributed by atoms with E-state index in [1.165, 1.54) is 0 Å². The average molecular weight is 511 g/mol. The van der Waals surface area contributed by atoms with Crippen molar-refractivity contribution in [3.8, 4) is 22.9 Å². The lowest BCUT2D eigenvalue weighted by atomic mass is 10.2. The number of nitrogens with zero attached hydrogens (tertiary/aromatic N) is 4. The van der Waals surface area contributed by atoms with Gasteiger partial charge >= 0.3 is 5.97 Å². The molecule has 0 fully saturated rings. The number of benzene rings is 2. The summed E-state index contributed by atoms with van der Waals surface area (Å²) < 4.78 is 19.4. The summed E-state index contributed by atoms with van der Waals surface area (Å²) in [6.45, 7) is 7.46. The summed E-state index contributed by atoms with van der Waals surface area (Å²) in [6, 6.07) is 15.0. The van der Waals surface area contributed by atoms with Crippen LogP contribution in [0.25, 0.3) is 17.1 Å². The first-order valence-electron chi connectivity index (χ1n) is 10.4. The smallest absolute Gasteiger partial charge is 0.361 e. The van der Waals surface area contributed by atoms with E-state index in [1.54, 1.807) is 18.5 Å². The third-order valence-electron chi connectivity index (χ3n) is 4.86. The van der Waals surface area contributed by atoms with E-state index in [0.717, 1.165) is 21.5 Å². The van der Waals surface area contributed by atoms with Crippen LogP contribution in [0.3, 0.4) is 0 Å². The maximum Gasteiger partial charge on any atom is 0.361 e. The van der Waals surface area contributed by atoms with Crippen molar-refractivity contribution in [3.05, 3.63) is 75.8 Å². The molecule has 2 heterocycles. The van der Waals surface area contributed by atoms with Gasteiger partial charge in [0.25, 0.3) is 0 Å². The van der Waals surface area contributed by atoms with Gasteiger partial charge in [0.2, 0.25) is 5.89 Å². The second-order valence-electron chi connectivity index (χ2n) is 7.70. The number of carbonyl (C=O) groups is 1. The van der Waals surface area contributed by atoms with Crippen LogP contribution < -0.4 is 4.74 Å². The molecule has 0 aliphatic carbocycles. The Hall–Kier alpha value is -3.46. The molecule has 8 nitrogen and oxygen atoms in total. The summed E-state index contributed by atoms with van der Waals surface area (Å²) in [5.41, 5.74) is 2.88. The molecule has 4 rings (SSSR count). The number of halogens is 1. The topological polar surface area (TPSA) is 92.3 Å². The van der Waals surface area contributed by atoms with Crippen LogP contribution in [0.15, 0.2) is 57.4 Å². The highest BCUT2D eigenvalue weighted by atomic mass is 79.9. The van der Waals surface area contributed by atoms with Gasteiger partial charge < -0.3 is 13.9 Å². The molecule has 4 aromatic rings. The molecule has 2 aromatic heterocycles. The molecule has 0 amide bonds. The first-order valence-corrected chi connectivity index (χ1v) is 11.2. The molecule has 170 valence electrons. The van der Waals surface area contributed by atoms with Gasteiger partial charge in [-0.1, -0.05) is 21.1 Å². The molecule has 2 aromatic carbocycles. The molecule has 0 spiro atoms. The molecular weight excluding hydrogens is 488 g/mol. The quantitative estimate of drug-likeness (QED) is 0.305. The van der Waals surface area contributed by atoms with E-state index in [2.05, 4.69) is 31.2 Å². The normalized spacial score (nSPS) is 11.1. The van der Waals surface area contributed by atoms with Crippen LogP contribution in [0, 0.1) is 13.8 Å². The standard InChI is InChI=1S/C24H23BrN4O4/c1-14(2)32-20-11-5-17(6-12-20)23-26-21(16(4)33-23)13-31-24(30)22-15(3)29(28-27-22)19-9-7-18(25)8-10-19/h5-12,14H,13H2,1-4H3. The molecule has 0 radical (unpaired) electrons. The lowest BCUT2D eigenvalue weighted by molar-refractivity contribution is 0.0459. The van der Waals surface area contributed by atoms with Crippen molar-refractivity contribution in [1.29, 1.82) is 0 Å². The summed E-state index contributed by atoms with van der Waals surface area (Å²) in [7, 11) is 0.